The molecular formula is C13H20ClNO. The number of ether oxygens (including phenoxy) is 1. The van der Waals surface area contributed by atoms with Crippen LogP contribution in [-0.2, 0) is 6.42 Å². The van der Waals surface area contributed by atoms with Crippen LogP contribution >= 0.6 is 11.6 Å². The van der Waals surface area contributed by atoms with E-state index in [2.05, 4.69) is 20.8 Å². The van der Waals surface area contributed by atoms with Crippen LogP contribution in [0.4, 0.5) is 0 Å². The maximum absolute atomic E-state index is 6.24. The zero-order valence-electron chi connectivity index (χ0n) is 10.4. The fraction of sp³-hybridized carbons (Fsp3) is 0.538. The van der Waals surface area contributed by atoms with Crippen LogP contribution in [0.5, 0.6) is 5.75 Å². The summed E-state index contributed by atoms with van der Waals surface area (Å²) >= 11 is 6.07. The second kappa shape index (κ2) is 5.07. The Labute approximate surface area is 103 Å². The normalized spacial score (nSPS) is 14.9. The van der Waals surface area contributed by atoms with Crippen molar-refractivity contribution in [1.29, 1.82) is 0 Å². The van der Waals surface area contributed by atoms with E-state index in [9.17, 15) is 0 Å². The van der Waals surface area contributed by atoms with Gasteiger partial charge in [-0.1, -0.05) is 31.5 Å². The lowest BCUT2D eigenvalue weighted by Crippen LogP contribution is -2.43. The van der Waals surface area contributed by atoms with Crippen molar-refractivity contribution < 1.29 is 4.74 Å². The Balaban J connectivity index is 2.87. The van der Waals surface area contributed by atoms with Gasteiger partial charge < -0.3 is 10.5 Å². The van der Waals surface area contributed by atoms with Crippen LogP contribution in [0.1, 0.15) is 26.3 Å². The summed E-state index contributed by atoms with van der Waals surface area (Å²) in [5, 5.41) is 0.638. The van der Waals surface area contributed by atoms with Gasteiger partial charge in [-0.05, 0) is 37.0 Å². The molecule has 90 valence electrons. The average Bonchev–Trinajstić information content (AvgIpc) is 2.17. The second-order valence-corrected chi connectivity index (χ2v) is 5.21. The molecule has 2 N–H and O–H groups in total. The van der Waals surface area contributed by atoms with E-state index in [-0.39, 0.29) is 5.54 Å². The van der Waals surface area contributed by atoms with E-state index in [1.165, 1.54) is 0 Å². The van der Waals surface area contributed by atoms with E-state index in [0.717, 1.165) is 12.0 Å². The van der Waals surface area contributed by atoms with Gasteiger partial charge >= 0.3 is 0 Å². The topological polar surface area (TPSA) is 35.2 Å². The molecule has 0 aliphatic carbocycles. The third kappa shape index (κ3) is 3.13. The number of methoxy groups -OCH3 is 1. The molecule has 1 unspecified atom stereocenters. The molecular weight excluding hydrogens is 222 g/mol. The largest absolute Gasteiger partial charge is 0.495 e. The van der Waals surface area contributed by atoms with Gasteiger partial charge in [0, 0.05) is 5.54 Å². The predicted molar refractivity (Wildman–Crippen MR) is 69.1 cm³/mol. The summed E-state index contributed by atoms with van der Waals surface area (Å²) in [6, 6.07) is 5.82. The summed E-state index contributed by atoms with van der Waals surface area (Å²) in [5.41, 5.74) is 7.17. The van der Waals surface area contributed by atoms with Crippen LogP contribution in [0.25, 0.3) is 0 Å². The summed E-state index contributed by atoms with van der Waals surface area (Å²) < 4.78 is 5.11. The zero-order chi connectivity index (χ0) is 12.3. The minimum absolute atomic E-state index is 0.210. The number of rotatable bonds is 4. The smallest absolute Gasteiger partial charge is 0.137 e. The fourth-order valence-electron chi connectivity index (χ4n) is 1.46. The fourth-order valence-corrected chi connectivity index (χ4v) is 1.74. The van der Waals surface area contributed by atoms with E-state index in [0.29, 0.717) is 16.7 Å². The molecule has 0 aliphatic rings. The molecule has 0 saturated carbocycles. The standard InChI is InChI=1S/C13H20ClNO/c1-9(2)13(3,15)8-10-5-6-12(16-4)11(14)7-10/h5-7,9H,8,15H2,1-4H3. The monoisotopic (exact) mass is 241 g/mol. The molecule has 3 heteroatoms. The van der Waals surface area contributed by atoms with Crippen molar-refractivity contribution in [3.8, 4) is 5.75 Å². The van der Waals surface area contributed by atoms with Crippen LogP contribution in [0, 0.1) is 5.92 Å². The van der Waals surface area contributed by atoms with Gasteiger partial charge in [-0.3, -0.25) is 0 Å². The maximum Gasteiger partial charge on any atom is 0.137 e. The lowest BCUT2D eigenvalue weighted by Gasteiger charge is -2.29. The molecule has 16 heavy (non-hydrogen) atoms. The van der Waals surface area contributed by atoms with Crippen LogP contribution in [-0.4, -0.2) is 12.6 Å². The van der Waals surface area contributed by atoms with Crippen LogP contribution in [0.2, 0.25) is 5.02 Å². The average molecular weight is 242 g/mol. The Morgan fingerprint density at radius 2 is 2.06 bits per heavy atom. The van der Waals surface area contributed by atoms with Crippen molar-refractivity contribution in [3.05, 3.63) is 28.8 Å². The Kier molecular flexibility index (Phi) is 4.22. The van der Waals surface area contributed by atoms with E-state index in [1.54, 1.807) is 7.11 Å². The number of hydrogen-bond donors (Lipinski definition) is 1. The van der Waals surface area contributed by atoms with Crippen LogP contribution < -0.4 is 10.5 Å². The number of benzene rings is 1. The molecule has 0 spiro atoms. The van der Waals surface area contributed by atoms with Crippen molar-refractivity contribution >= 4 is 11.6 Å². The quantitative estimate of drug-likeness (QED) is 0.878. The highest BCUT2D eigenvalue weighted by molar-refractivity contribution is 6.32. The summed E-state index contributed by atoms with van der Waals surface area (Å²) in [4.78, 5) is 0. The van der Waals surface area contributed by atoms with E-state index >= 15 is 0 Å². The minimum atomic E-state index is -0.210. The molecule has 0 bridgehead atoms. The molecule has 0 heterocycles. The van der Waals surface area contributed by atoms with Gasteiger partial charge in [0.05, 0.1) is 12.1 Å². The molecule has 0 amide bonds. The van der Waals surface area contributed by atoms with Gasteiger partial charge in [-0.2, -0.15) is 0 Å². The highest BCUT2D eigenvalue weighted by atomic mass is 35.5. The van der Waals surface area contributed by atoms with Crippen molar-refractivity contribution in [2.24, 2.45) is 11.7 Å². The highest BCUT2D eigenvalue weighted by Gasteiger charge is 2.23. The lowest BCUT2D eigenvalue weighted by atomic mass is 9.84. The van der Waals surface area contributed by atoms with E-state index in [4.69, 9.17) is 22.1 Å². The number of halogens is 1. The molecule has 1 aromatic rings. The molecule has 1 atom stereocenters. The highest BCUT2D eigenvalue weighted by Crippen LogP contribution is 2.27. The Hall–Kier alpha value is -0.730. The Morgan fingerprint density at radius 1 is 1.44 bits per heavy atom. The van der Waals surface area contributed by atoms with Crippen molar-refractivity contribution in [1.82, 2.24) is 0 Å². The Morgan fingerprint density at radius 3 is 2.50 bits per heavy atom. The van der Waals surface area contributed by atoms with Crippen molar-refractivity contribution in [2.75, 3.05) is 7.11 Å². The summed E-state index contributed by atoms with van der Waals surface area (Å²) in [6.45, 7) is 6.33. The van der Waals surface area contributed by atoms with Gasteiger partial charge in [0.2, 0.25) is 0 Å². The van der Waals surface area contributed by atoms with E-state index < -0.39 is 0 Å². The van der Waals surface area contributed by atoms with Crippen LogP contribution in [0.3, 0.4) is 0 Å². The third-order valence-corrected chi connectivity index (χ3v) is 3.42. The lowest BCUT2D eigenvalue weighted by molar-refractivity contribution is 0.337. The van der Waals surface area contributed by atoms with Gasteiger partial charge in [-0.15, -0.1) is 0 Å². The third-order valence-electron chi connectivity index (χ3n) is 3.12. The summed E-state index contributed by atoms with van der Waals surface area (Å²) in [6.07, 6.45) is 0.814. The molecule has 0 aromatic heterocycles. The molecule has 0 saturated heterocycles. The first-order chi connectivity index (χ1) is 7.36. The van der Waals surface area contributed by atoms with Gasteiger partial charge in [-0.25, -0.2) is 0 Å². The first-order valence-corrected chi connectivity index (χ1v) is 5.86. The van der Waals surface area contributed by atoms with E-state index in [1.807, 2.05) is 18.2 Å². The van der Waals surface area contributed by atoms with Gasteiger partial charge in [0.1, 0.15) is 5.75 Å². The summed E-state index contributed by atoms with van der Waals surface area (Å²) in [5.74, 6) is 1.13. The number of nitrogens with two attached hydrogens (primary N) is 1. The SMILES string of the molecule is COc1ccc(CC(C)(N)C(C)C)cc1Cl. The maximum atomic E-state index is 6.24. The zero-order valence-corrected chi connectivity index (χ0v) is 11.1. The van der Waals surface area contributed by atoms with Crippen molar-refractivity contribution in [2.45, 2.75) is 32.7 Å². The second-order valence-electron chi connectivity index (χ2n) is 4.81. The molecule has 1 aromatic carbocycles. The van der Waals surface area contributed by atoms with Gasteiger partial charge in [0.15, 0.2) is 0 Å². The molecule has 1 rings (SSSR count). The predicted octanol–water partition coefficient (Wildman–Crippen LogP) is 3.26. The van der Waals surface area contributed by atoms with Crippen molar-refractivity contribution in [3.63, 3.8) is 0 Å². The minimum Gasteiger partial charge on any atom is -0.495 e. The Bertz CT molecular complexity index is 361. The molecule has 0 aliphatic heterocycles. The first kappa shape index (κ1) is 13.3. The van der Waals surface area contributed by atoms with Gasteiger partial charge in [0.25, 0.3) is 0 Å². The number of hydrogen-bond acceptors (Lipinski definition) is 2. The summed E-state index contributed by atoms with van der Waals surface area (Å²) in [7, 11) is 1.61. The molecule has 0 fully saturated rings. The molecule has 0 radical (unpaired) electrons. The molecule has 2 nitrogen and oxygen atoms in total. The first-order valence-electron chi connectivity index (χ1n) is 5.48. The van der Waals surface area contributed by atoms with Crippen LogP contribution in [0.15, 0.2) is 18.2 Å².